The highest BCUT2D eigenvalue weighted by molar-refractivity contribution is 7.92. The molecule has 0 fully saturated rings. The van der Waals surface area contributed by atoms with Crippen LogP contribution in [0.2, 0.25) is 5.02 Å². The molecule has 0 atom stereocenters. The summed E-state index contributed by atoms with van der Waals surface area (Å²) in [6.07, 6.45) is -3.73. The van der Waals surface area contributed by atoms with Gasteiger partial charge in [0.05, 0.1) is 15.5 Å². The second kappa shape index (κ2) is 11.6. The first-order valence-electron chi connectivity index (χ1n) is 12.7. The van der Waals surface area contributed by atoms with Crippen molar-refractivity contribution < 1.29 is 26.4 Å². The van der Waals surface area contributed by atoms with E-state index < -0.39 is 26.8 Å². The first kappa shape index (κ1) is 28.7. The van der Waals surface area contributed by atoms with Crippen molar-refractivity contribution >= 4 is 38.9 Å². The van der Waals surface area contributed by atoms with E-state index in [4.69, 9.17) is 11.6 Å². The number of hydrogen-bond donors (Lipinski definition) is 2. The highest BCUT2D eigenvalue weighted by Crippen LogP contribution is 2.36. The molecule has 0 saturated heterocycles. The predicted octanol–water partition coefficient (Wildman–Crippen LogP) is 6.97. The average molecular weight is 600 g/mol. The van der Waals surface area contributed by atoms with Crippen molar-refractivity contribution in [3.05, 3.63) is 124 Å². The summed E-state index contributed by atoms with van der Waals surface area (Å²) < 4.78 is 66.9. The topological polar surface area (TPSA) is 78.5 Å². The number of sulfonamides is 1. The van der Waals surface area contributed by atoms with E-state index in [-0.39, 0.29) is 16.5 Å². The van der Waals surface area contributed by atoms with Gasteiger partial charge in [0, 0.05) is 36.6 Å². The first-order chi connectivity index (χ1) is 19.5. The predicted molar refractivity (Wildman–Crippen MR) is 152 cm³/mol. The molecule has 4 aromatic rings. The number of nitrogens with zero attached hydrogens (tertiary/aromatic N) is 1. The minimum Gasteiger partial charge on any atom is -0.322 e. The van der Waals surface area contributed by atoms with Crippen LogP contribution < -0.4 is 10.0 Å². The van der Waals surface area contributed by atoms with Crippen LogP contribution >= 0.6 is 11.6 Å². The van der Waals surface area contributed by atoms with E-state index in [1.807, 2.05) is 12.1 Å². The molecule has 212 valence electrons. The summed E-state index contributed by atoms with van der Waals surface area (Å²) in [5, 5.41) is 2.19. The minimum absolute atomic E-state index is 0.191. The molecule has 0 unspecified atom stereocenters. The van der Waals surface area contributed by atoms with Gasteiger partial charge in [-0.05, 0) is 77.7 Å². The number of carbonyl (C=O) groups is 1. The van der Waals surface area contributed by atoms with Crippen molar-refractivity contribution in [2.75, 3.05) is 16.6 Å². The number of alkyl halides is 3. The Bertz CT molecular complexity index is 1680. The third-order valence-corrected chi connectivity index (χ3v) is 8.51. The van der Waals surface area contributed by atoms with Crippen LogP contribution in [-0.4, -0.2) is 25.8 Å². The van der Waals surface area contributed by atoms with Crippen molar-refractivity contribution in [2.24, 2.45) is 0 Å². The molecular weight excluding hydrogens is 575 g/mol. The van der Waals surface area contributed by atoms with Crippen LogP contribution in [0, 0.1) is 0 Å². The molecule has 4 aromatic carbocycles. The van der Waals surface area contributed by atoms with Crippen LogP contribution in [0.5, 0.6) is 0 Å². The van der Waals surface area contributed by atoms with Crippen molar-refractivity contribution in [1.29, 1.82) is 0 Å². The third-order valence-electron chi connectivity index (χ3n) is 6.78. The zero-order valence-corrected chi connectivity index (χ0v) is 23.2. The van der Waals surface area contributed by atoms with Crippen LogP contribution in [0.25, 0.3) is 0 Å². The van der Waals surface area contributed by atoms with Crippen LogP contribution in [0.3, 0.4) is 0 Å². The normalized spacial score (nSPS) is 13.9. The summed E-state index contributed by atoms with van der Waals surface area (Å²) in [5.41, 5.74) is 3.18. The van der Waals surface area contributed by atoms with E-state index in [9.17, 15) is 26.4 Å². The van der Waals surface area contributed by atoms with Crippen molar-refractivity contribution in [3.8, 4) is 0 Å². The Morgan fingerprint density at radius 3 is 2.22 bits per heavy atom. The van der Waals surface area contributed by atoms with Gasteiger partial charge in [-0.3, -0.25) is 14.4 Å². The molecule has 11 heteroatoms. The molecule has 6 nitrogen and oxygen atoms in total. The molecule has 41 heavy (non-hydrogen) atoms. The van der Waals surface area contributed by atoms with Gasteiger partial charge < -0.3 is 5.32 Å². The van der Waals surface area contributed by atoms with Crippen LogP contribution in [0.4, 0.5) is 24.5 Å². The fraction of sp³-hybridized carbons (Fsp3) is 0.167. The lowest BCUT2D eigenvalue weighted by molar-refractivity contribution is -0.137. The van der Waals surface area contributed by atoms with E-state index in [0.717, 1.165) is 43.8 Å². The van der Waals surface area contributed by atoms with Gasteiger partial charge in [-0.1, -0.05) is 48.0 Å². The van der Waals surface area contributed by atoms with Crippen molar-refractivity contribution in [1.82, 2.24) is 4.90 Å². The molecule has 2 N–H and O–H groups in total. The maximum absolute atomic E-state index is 13.1. The molecule has 5 rings (SSSR count). The molecule has 0 aliphatic carbocycles. The largest absolute Gasteiger partial charge is 0.417 e. The number of nitrogens with one attached hydrogen (secondary N) is 2. The maximum Gasteiger partial charge on any atom is 0.417 e. The van der Waals surface area contributed by atoms with Gasteiger partial charge in [-0.25, -0.2) is 8.42 Å². The molecule has 0 aromatic heterocycles. The number of anilines is 2. The van der Waals surface area contributed by atoms with E-state index in [0.29, 0.717) is 17.3 Å². The highest BCUT2D eigenvalue weighted by Gasteiger charge is 2.33. The third kappa shape index (κ3) is 6.90. The Hall–Kier alpha value is -3.86. The molecule has 0 bridgehead atoms. The number of hydrogen-bond acceptors (Lipinski definition) is 4. The monoisotopic (exact) mass is 599 g/mol. The van der Waals surface area contributed by atoms with Gasteiger partial charge in [0.2, 0.25) is 0 Å². The fourth-order valence-electron chi connectivity index (χ4n) is 4.65. The van der Waals surface area contributed by atoms with Gasteiger partial charge in [-0.15, -0.1) is 0 Å². The lowest BCUT2D eigenvalue weighted by atomic mass is 9.99. The number of rotatable bonds is 7. The zero-order chi connectivity index (χ0) is 29.2. The number of halogens is 4. The number of fused-ring (bicyclic) bond motifs is 1. The Kier molecular flexibility index (Phi) is 8.08. The Labute approximate surface area is 240 Å². The van der Waals surface area contributed by atoms with Gasteiger partial charge in [0.15, 0.2) is 0 Å². The number of amides is 1. The minimum atomic E-state index is -4.74. The number of benzene rings is 4. The highest BCUT2D eigenvalue weighted by atomic mass is 35.5. The summed E-state index contributed by atoms with van der Waals surface area (Å²) in [6, 6.07) is 23.8. The van der Waals surface area contributed by atoms with Crippen LogP contribution in [-0.2, 0) is 35.7 Å². The van der Waals surface area contributed by atoms with Crippen LogP contribution in [0.15, 0.2) is 95.9 Å². The second-order valence-electron chi connectivity index (χ2n) is 9.70. The van der Waals surface area contributed by atoms with Gasteiger partial charge in [0.1, 0.15) is 0 Å². The summed E-state index contributed by atoms with van der Waals surface area (Å²) >= 11 is 5.60. The molecular formula is C30H25ClF3N3O3S. The molecule has 0 spiro atoms. The van der Waals surface area contributed by atoms with Crippen LogP contribution in [0.1, 0.15) is 32.6 Å². The lowest BCUT2D eigenvalue weighted by Crippen LogP contribution is -2.29. The SMILES string of the molecule is O=C(Nc1ccc(S(=O)(=O)Nc2ccc(Cl)c(C(F)(F)F)c2)cc1)c1ccc(CN2CCc3ccccc3C2)cc1. The van der Waals surface area contributed by atoms with Crippen molar-refractivity contribution in [3.63, 3.8) is 0 Å². The van der Waals surface area contributed by atoms with Gasteiger partial charge in [-0.2, -0.15) is 13.2 Å². The van der Waals surface area contributed by atoms with Gasteiger partial charge in [0.25, 0.3) is 15.9 Å². The standard InChI is InChI=1S/C30H25ClF3N3O3S/c31-28-14-11-25(17-27(28)30(32,33)34)36-41(39,40)26-12-9-24(10-13-26)35-29(38)22-7-5-20(6-8-22)18-37-16-15-21-3-1-2-4-23(21)19-37/h1-14,17,36H,15-16,18-19H2,(H,35,38). The fourth-order valence-corrected chi connectivity index (χ4v) is 5.92. The zero-order valence-electron chi connectivity index (χ0n) is 21.6. The Balaban J connectivity index is 1.19. The van der Waals surface area contributed by atoms with E-state index >= 15 is 0 Å². The molecule has 1 aliphatic heterocycles. The lowest BCUT2D eigenvalue weighted by Gasteiger charge is -2.28. The molecule has 0 saturated carbocycles. The average Bonchev–Trinajstić information content (AvgIpc) is 2.94. The maximum atomic E-state index is 13.1. The van der Waals surface area contributed by atoms with E-state index in [1.54, 1.807) is 12.1 Å². The quantitative estimate of drug-likeness (QED) is 0.240. The molecule has 0 radical (unpaired) electrons. The summed E-state index contributed by atoms with van der Waals surface area (Å²) in [4.78, 5) is 14.9. The van der Waals surface area contributed by atoms with E-state index in [2.05, 4.69) is 39.2 Å². The second-order valence-corrected chi connectivity index (χ2v) is 11.8. The summed E-state index contributed by atoms with van der Waals surface area (Å²) in [5.74, 6) is -0.363. The number of carbonyl (C=O) groups excluding carboxylic acids is 1. The first-order valence-corrected chi connectivity index (χ1v) is 14.5. The molecule has 1 amide bonds. The van der Waals surface area contributed by atoms with Crippen molar-refractivity contribution in [2.45, 2.75) is 30.6 Å². The Morgan fingerprint density at radius 1 is 0.878 bits per heavy atom. The smallest absolute Gasteiger partial charge is 0.322 e. The van der Waals surface area contributed by atoms with Gasteiger partial charge >= 0.3 is 6.18 Å². The molecule has 1 heterocycles. The Morgan fingerprint density at radius 2 is 1.54 bits per heavy atom. The molecule has 1 aliphatic rings. The van der Waals surface area contributed by atoms with E-state index in [1.165, 1.54) is 35.4 Å². The summed E-state index contributed by atoms with van der Waals surface area (Å²) in [6.45, 7) is 2.62. The summed E-state index contributed by atoms with van der Waals surface area (Å²) in [7, 11) is -4.20.